The van der Waals surface area contributed by atoms with Gasteiger partial charge in [0.1, 0.15) is 12.2 Å². The van der Waals surface area contributed by atoms with Gasteiger partial charge in [-0.2, -0.15) is 0 Å². The minimum absolute atomic E-state index is 0.0766. The predicted octanol–water partition coefficient (Wildman–Crippen LogP) is 3.44. The maximum atomic E-state index is 12.1. The van der Waals surface area contributed by atoms with E-state index in [0.717, 1.165) is 5.57 Å². The van der Waals surface area contributed by atoms with Crippen LogP contribution >= 0.6 is 27.5 Å². The van der Waals surface area contributed by atoms with Crippen LogP contribution in [0.15, 0.2) is 70.8 Å². The van der Waals surface area contributed by atoms with Gasteiger partial charge in [0.25, 0.3) is 0 Å². The SMILES string of the molecule is CC/C=C/[C@@H](O)[C@@H](Cl)[C@H](O)CC(O)[C@@H](O)[C@H](O)[C@H](C)/C(Br)=C/C=C/C=C(C)/C=C/C=C/C(=O)O[C@@H]1C[C@@H](C(=O)O)CC[C@@H]1O. The van der Waals surface area contributed by atoms with Crippen LogP contribution < -0.4 is 0 Å². The maximum Gasteiger partial charge on any atom is 0.331 e. The summed E-state index contributed by atoms with van der Waals surface area (Å²) in [4.78, 5) is 23.2. The van der Waals surface area contributed by atoms with Gasteiger partial charge >= 0.3 is 11.9 Å². The lowest BCUT2D eigenvalue weighted by molar-refractivity contribution is -0.159. The van der Waals surface area contributed by atoms with Crippen molar-refractivity contribution in [2.45, 2.75) is 101 Å². The molecule has 10 nitrogen and oxygen atoms in total. The van der Waals surface area contributed by atoms with Crippen molar-refractivity contribution in [3.63, 3.8) is 0 Å². The number of carboxylic acids is 1. The molecule has 0 aromatic heterocycles. The third-order valence-corrected chi connectivity index (χ3v) is 8.77. The Bertz CT molecular complexity index is 1080. The summed E-state index contributed by atoms with van der Waals surface area (Å²) in [5.74, 6) is -2.89. The van der Waals surface area contributed by atoms with Crippen LogP contribution in [0.2, 0.25) is 0 Å². The number of halogens is 2. The van der Waals surface area contributed by atoms with E-state index in [1.165, 1.54) is 18.2 Å². The number of aliphatic hydroxyl groups is 6. The van der Waals surface area contributed by atoms with Gasteiger partial charge in [-0.15, -0.1) is 11.6 Å². The van der Waals surface area contributed by atoms with Crippen molar-refractivity contribution in [3.8, 4) is 0 Å². The van der Waals surface area contributed by atoms with Crippen molar-refractivity contribution >= 4 is 39.5 Å². The molecule has 0 saturated heterocycles. The number of carbonyl (C=O) groups excluding carboxylic acids is 1. The largest absolute Gasteiger partial charge is 0.481 e. The Morgan fingerprint density at radius 2 is 1.61 bits per heavy atom. The molecule has 1 aliphatic carbocycles. The van der Waals surface area contributed by atoms with E-state index in [4.69, 9.17) is 21.4 Å². The number of ether oxygens (including phenoxy) is 1. The lowest BCUT2D eigenvalue weighted by atomic mass is 9.85. The Kier molecular flexibility index (Phi) is 18.9. The minimum atomic E-state index is -1.58. The van der Waals surface area contributed by atoms with E-state index in [1.807, 2.05) is 13.8 Å². The molecule has 0 aromatic rings. The van der Waals surface area contributed by atoms with E-state index in [9.17, 15) is 40.2 Å². The number of esters is 1. The molecule has 0 bridgehead atoms. The van der Waals surface area contributed by atoms with Crippen LogP contribution in [0.25, 0.3) is 0 Å². The van der Waals surface area contributed by atoms with Crippen LogP contribution in [-0.2, 0) is 14.3 Å². The van der Waals surface area contributed by atoms with Crippen LogP contribution in [0.3, 0.4) is 0 Å². The molecule has 1 saturated carbocycles. The van der Waals surface area contributed by atoms with Crippen molar-refractivity contribution in [2.75, 3.05) is 0 Å². The van der Waals surface area contributed by atoms with Gasteiger partial charge in [0, 0.05) is 29.3 Å². The molecule has 1 rings (SSSR count). The average Bonchev–Trinajstić information content (AvgIpc) is 2.99. The highest BCUT2D eigenvalue weighted by Crippen LogP contribution is 2.28. The lowest BCUT2D eigenvalue weighted by Crippen LogP contribution is -2.44. The molecule has 1 fully saturated rings. The first-order valence-corrected chi connectivity index (χ1v) is 15.8. The first-order valence-electron chi connectivity index (χ1n) is 14.6. The van der Waals surface area contributed by atoms with Crippen molar-refractivity contribution in [1.29, 1.82) is 0 Å². The van der Waals surface area contributed by atoms with Crippen LogP contribution in [-0.4, -0.2) is 95.8 Å². The number of carbonyl (C=O) groups is 2. The first-order chi connectivity index (χ1) is 20.7. The number of aliphatic carboxylic acids is 1. The fourth-order valence-corrected chi connectivity index (χ4v) is 4.98. The number of hydrogen-bond acceptors (Lipinski definition) is 9. The quantitative estimate of drug-likeness (QED) is 0.0389. The van der Waals surface area contributed by atoms with Gasteiger partial charge in [-0.1, -0.05) is 90.0 Å². The summed E-state index contributed by atoms with van der Waals surface area (Å²) in [6.45, 7) is 5.36. The van der Waals surface area contributed by atoms with Crippen LogP contribution in [0, 0.1) is 11.8 Å². The number of aliphatic hydroxyl groups excluding tert-OH is 6. The summed E-state index contributed by atoms with van der Waals surface area (Å²) in [7, 11) is 0. The Hall–Kier alpha value is -2.09. The van der Waals surface area contributed by atoms with Gasteiger partial charge in [0.05, 0.1) is 41.8 Å². The minimum Gasteiger partial charge on any atom is -0.481 e. The number of alkyl halides is 1. The molecule has 0 aromatic carbocycles. The third kappa shape index (κ3) is 14.3. The van der Waals surface area contributed by atoms with Crippen molar-refractivity contribution < 1.29 is 50.1 Å². The van der Waals surface area contributed by atoms with Crippen molar-refractivity contribution in [1.82, 2.24) is 0 Å². The molecule has 7 N–H and O–H groups in total. The highest BCUT2D eigenvalue weighted by Gasteiger charge is 2.35. The second-order valence-corrected chi connectivity index (χ2v) is 12.3. The molecule has 44 heavy (non-hydrogen) atoms. The number of hydrogen-bond donors (Lipinski definition) is 7. The second kappa shape index (κ2) is 20.8. The molecule has 0 radical (unpaired) electrons. The standard InChI is InChI=1S/C32H46BrClO10/c1-4-5-13-24(36)29(34)25(37)18-26(38)31(41)30(40)20(3)22(33)12-8-6-10-19(2)11-7-9-14-28(39)44-27-17-21(32(42)43)15-16-23(27)35/h5-14,20-21,23-27,29-31,35-38,40-41H,4,15-18H2,1-3H3,(H,42,43)/b8-6+,11-7+,13-5+,14-9+,19-10+,22-12-/t20-,21+,23+,24-,25-,26?,27-,29-,30-,31-/m1/s1. The summed E-state index contributed by atoms with van der Waals surface area (Å²) < 4.78 is 5.76. The van der Waals surface area contributed by atoms with Crippen molar-refractivity contribution in [3.05, 3.63) is 70.8 Å². The second-order valence-electron chi connectivity index (χ2n) is 10.9. The Balaban J connectivity index is 2.60. The molecular weight excluding hydrogens is 660 g/mol. The topological polar surface area (TPSA) is 185 Å². The smallest absolute Gasteiger partial charge is 0.331 e. The fraction of sp³-hybridized carbons (Fsp3) is 0.562. The predicted molar refractivity (Wildman–Crippen MR) is 172 cm³/mol. The van der Waals surface area contributed by atoms with E-state index in [0.29, 0.717) is 17.3 Å². The van der Waals surface area contributed by atoms with Gasteiger partial charge < -0.3 is 40.5 Å². The summed E-state index contributed by atoms with van der Waals surface area (Å²) in [6, 6.07) is 0. The zero-order chi connectivity index (χ0) is 33.4. The summed E-state index contributed by atoms with van der Waals surface area (Å²) in [5, 5.41) is 69.6. The molecular formula is C32H46BrClO10. The van der Waals surface area contributed by atoms with Gasteiger partial charge in [0.15, 0.2) is 0 Å². The van der Waals surface area contributed by atoms with Gasteiger partial charge in [-0.05, 0) is 26.2 Å². The highest BCUT2D eigenvalue weighted by molar-refractivity contribution is 9.11. The molecule has 248 valence electrons. The zero-order valence-electron chi connectivity index (χ0n) is 25.2. The molecule has 0 aliphatic heterocycles. The summed E-state index contributed by atoms with van der Waals surface area (Å²) >= 11 is 9.44. The third-order valence-electron chi connectivity index (χ3n) is 7.24. The Labute approximate surface area is 272 Å². The average molecular weight is 706 g/mol. The maximum absolute atomic E-state index is 12.1. The lowest BCUT2D eigenvalue weighted by Gasteiger charge is -2.30. The van der Waals surface area contributed by atoms with Gasteiger partial charge in [-0.3, -0.25) is 4.79 Å². The molecule has 10 atom stereocenters. The molecule has 1 unspecified atom stereocenters. The zero-order valence-corrected chi connectivity index (χ0v) is 27.5. The van der Waals surface area contributed by atoms with Gasteiger partial charge in [0.2, 0.25) is 0 Å². The van der Waals surface area contributed by atoms with Crippen LogP contribution in [0.5, 0.6) is 0 Å². The molecule has 0 amide bonds. The summed E-state index contributed by atoms with van der Waals surface area (Å²) in [6.07, 6.45) is 8.48. The molecule has 0 spiro atoms. The molecule has 0 heterocycles. The molecule has 12 heteroatoms. The normalized spacial score (nSPS) is 25.3. The highest BCUT2D eigenvalue weighted by atomic mass is 79.9. The number of rotatable bonds is 17. The number of carboxylic acid groups (broad SMARTS) is 1. The van der Waals surface area contributed by atoms with E-state index in [1.54, 1.807) is 49.5 Å². The first kappa shape index (κ1) is 39.9. The Morgan fingerprint density at radius 3 is 2.25 bits per heavy atom. The van der Waals surface area contributed by atoms with Crippen LogP contribution in [0.4, 0.5) is 0 Å². The van der Waals surface area contributed by atoms with E-state index in [-0.39, 0.29) is 19.3 Å². The van der Waals surface area contributed by atoms with E-state index < -0.39 is 71.9 Å². The van der Waals surface area contributed by atoms with E-state index >= 15 is 0 Å². The Morgan fingerprint density at radius 1 is 0.977 bits per heavy atom. The van der Waals surface area contributed by atoms with Gasteiger partial charge in [-0.25, -0.2) is 4.79 Å². The van der Waals surface area contributed by atoms with Crippen LogP contribution in [0.1, 0.15) is 52.9 Å². The van der Waals surface area contributed by atoms with E-state index in [2.05, 4.69) is 15.9 Å². The van der Waals surface area contributed by atoms with Crippen molar-refractivity contribution in [2.24, 2.45) is 11.8 Å². The summed E-state index contributed by atoms with van der Waals surface area (Å²) in [5.41, 5.74) is 0.842. The number of allylic oxidation sites excluding steroid dienone is 9. The molecule has 1 aliphatic rings. The fourth-order valence-electron chi connectivity index (χ4n) is 4.37. The monoisotopic (exact) mass is 704 g/mol.